The Balaban J connectivity index is 2.14. The number of ether oxygens (including phenoxy) is 1. The average Bonchev–Trinajstić information content (AvgIpc) is 2.19. The lowest BCUT2D eigenvalue weighted by Gasteiger charge is -2.20. The number of pyridine rings is 1. The number of halogens is 1. The summed E-state index contributed by atoms with van der Waals surface area (Å²) in [7, 11) is 0. The predicted octanol–water partition coefficient (Wildman–Crippen LogP) is 2.16. The van der Waals surface area contributed by atoms with Gasteiger partial charge in [0.2, 0.25) is 0 Å². The largest absolute Gasteiger partial charge is 0.371 e. The molecule has 0 saturated carbocycles. The van der Waals surface area contributed by atoms with Crippen LogP contribution in [0.15, 0.2) is 18.3 Å². The number of ketones is 1. The van der Waals surface area contributed by atoms with Crippen molar-refractivity contribution in [3.63, 3.8) is 0 Å². The Labute approximate surface area is 87.0 Å². The highest BCUT2D eigenvalue weighted by Gasteiger charge is 2.22. The maximum atomic E-state index is 11.2. The third-order valence-electron chi connectivity index (χ3n) is 2.19. The normalized spacial score (nSPS) is 22.4. The van der Waals surface area contributed by atoms with Gasteiger partial charge in [0.15, 0.2) is 0 Å². The van der Waals surface area contributed by atoms with Gasteiger partial charge in [-0.2, -0.15) is 0 Å². The van der Waals surface area contributed by atoms with Crippen LogP contribution in [0.2, 0.25) is 5.02 Å². The Bertz CT molecular complexity index is 336. The van der Waals surface area contributed by atoms with Crippen LogP contribution in [0.5, 0.6) is 0 Å². The maximum absolute atomic E-state index is 11.2. The molecule has 1 aromatic rings. The zero-order chi connectivity index (χ0) is 9.97. The Hall–Kier alpha value is -0.930. The second kappa shape index (κ2) is 4.07. The topological polar surface area (TPSA) is 39.2 Å². The molecule has 0 amide bonds. The smallest absolute Gasteiger partial charge is 0.138 e. The van der Waals surface area contributed by atoms with Crippen molar-refractivity contribution in [2.45, 2.75) is 18.9 Å². The molecule has 0 spiro atoms. The Kier molecular flexibility index (Phi) is 2.79. The molecule has 1 aliphatic heterocycles. The van der Waals surface area contributed by atoms with Crippen molar-refractivity contribution in [3.8, 4) is 0 Å². The molecule has 1 unspecified atom stereocenters. The van der Waals surface area contributed by atoms with E-state index >= 15 is 0 Å². The highest BCUT2D eigenvalue weighted by molar-refractivity contribution is 6.30. The number of carbonyl (C=O) groups is 1. The van der Waals surface area contributed by atoms with Crippen LogP contribution in [0.1, 0.15) is 24.6 Å². The summed E-state index contributed by atoms with van der Waals surface area (Å²) in [5.41, 5.74) is 0.780. The van der Waals surface area contributed by atoms with Crippen LogP contribution in [0, 0.1) is 0 Å². The van der Waals surface area contributed by atoms with Crippen LogP contribution in [-0.4, -0.2) is 17.4 Å². The highest BCUT2D eigenvalue weighted by atomic mass is 35.5. The van der Waals surface area contributed by atoms with Gasteiger partial charge in [0.25, 0.3) is 0 Å². The van der Waals surface area contributed by atoms with Crippen LogP contribution in [0.25, 0.3) is 0 Å². The highest BCUT2D eigenvalue weighted by Crippen LogP contribution is 2.24. The van der Waals surface area contributed by atoms with E-state index in [1.807, 2.05) is 0 Å². The van der Waals surface area contributed by atoms with Gasteiger partial charge in [0.1, 0.15) is 11.9 Å². The van der Waals surface area contributed by atoms with E-state index in [0.29, 0.717) is 24.5 Å². The Morgan fingerprint density at radius 1 is 1.50 bits per heavy atom. The minimum atomic E-state index is -0.187. The van der Waals surface area contributed by atoms with E-state index in [1.54, 1.807) is 18.3 Å². The van der Waals surface area contributed by atoms with E-state index in [4.69, 9.17) is 16.3 Å². The third kappa shape index (κ3) is 2.11. The number of rotatable bonds is 1. The molecule has 0 aromatic carbocycles. The molecule has 0 radical (unpaired) electrons. The van der Waals surface area contributed by atoms with Gasteiger partial charge >= 0.3 is 0 Å². The fraction of sp³-hybridized carbons (Fsp3) is 0.400. The van der Waals surface area contributed by atoms with Crippen molar-refractivity contribution in [1.82, 2.24) is 4.98 Å². The van der Waals surface area contributed by atoms with E-state index in [-0.39, 0.29) is 11.9 Å². The summed E-state index contributed by atoms with van der Waals surface area (Å²) in [6.07, 6.45) is 2.33. The average molecular weight is 212 g/mol. The van der Waals surface area contributed by atoms with Crippen LogP contribution in [0.3, 0.4) is 0 Å². The SMILES string of the molecule is O=C1CCOC(c2ccc(Cl)cn2)C1. The number of Topliss-reactive ketones (excluding diaryl/α,β-unsaturated/α-hetero) is 1. The number of hydrogen-bond acceptors (Lipinski definition) is 3. The molecule has 1 saturated heterocycles. The van der Waals surface area contributed by atoms with E-state index in [2.05, 4.69) is 4.98 Å². The number of nitrogens with zero attached hydrogens (tertiary/aromatic N) is 1. The maximum Gasteiger partial charge on any atom is 0.138 e. The van der Waals surface area contributed by atoms with E-state index in [1.165, 1.54) is 0 Å². The lowest BCUT2D eigenvalue weighted by molar-refractivity contribution is -0.128. The molecule has 0 bridgehead atoms. The summed E-state index contributed by atoms with van der Waals surface area (Å²) >= 11 is 5.71. The van der Waals surface area contributed by atoms with Crippen LogP contribution in [0.4, 0.5) is 0 Å². The first kappa shape index (κ1) is 9.62. The lowest BCUT2D eigenvalue weighted by Crippen LogP contribution is -2.20. The van der Waals surface area contributed by atoms with Gasteiger partial charge in [-0.3, -0.25) is 9.78 Å². The van der Waals surface area contributed by atoms with Gasteiger partial charge < -0.3 is 4.74 Å². The molecule has 0 N–H and O–H groups in total. The first-order valence-electron chi connectivity index (χ1n) is 4.50. The number of aromatic nitrogens is 1. The lowest BCUT2D eigenvalue weighted by atomic mass is 10.0. The van der Waals surface area contributed by atoms with Crippen LogP contribution in [-0.2, 0) is 9.53 Å². The van der Waals surface area contributed by atoms with Crippen LogP contribution >= 0.6 is 11.6 Å². The summed E-state index contributed by atoms with van der Waals surface area (Å²) in [6.45, 7) is 0.494. The van der Waals surface area contributed by atoms with Crippen molar-refractivity contribution in [2.75, 3.05) is 6.61 Å². The van der Waals surface area contributed by atoms with Crippen molar-refractivity contribution < 1.29 is 9.53 Å². The van der Waals surface area contributed by atoms with E-state index in [0.717, 1.165) is 5.69 Å². The third-order valence-corrected chi connectivity index (χ3v) is 2.42. The fourth-order valence-corrected chi connectivity index (χ4v) is 1.56. The van der Waals surface area contributed by atoms with Crippen LogP contribution < -0.4 is 0 Å². The van der Waals surface area contributed by atoms with Crippen molar-refractivity contribution in [3.05, 3.63) is 29.0 Å². The van der Waals surface area contributed by atoms with Gasteiger partial charge in [-0.05, 0) is 12.1 Å². The molecule has 74 valence electrons. The molecule has 3 nitrogen and oxygen atoms in total. The Morgan fingerprint density at radius 2 is 2.36 bits per heavy atom. The van der Waals surface area contributed by atoms with Gasteiger partial charge in [0.05, 0.1) is 17.3 Å². The summed E-state index contributed by atoms with van der Waals surface area (Å²) < 4.78 is 5.45. The molecular weight excluding hydrogens is 202 g/mol. The minimum Gasteiger partial charge on any atom is -0.371 e. The Morgan fingerprint density at radius 3 is 3.00 bits per heavy atom. The van der Waals surface area contributed by atoms with Crippen molar-refractivity contribution in [2.24, 2.45) is 0 Å². The fourth-order valence-electron chi connectivity index (χ4n) is 1.45. The van der Waals surface area contributed by atoms with Gasteiger partial charge in [-0.15, -0.1) is 0 Å². The second-order valence-electron chi connectivity index (χ2n) is 3.25. The first-order chi connectivity index (χ1) is 6.75. The second-order valence-corrected chi connectivity index (χ2v) is 3.69. The molecule has 0 aliphatic carbocycles. The summed E-state index contributed by atoms with van der Waals surface area (Å²) in [4.78, 5) is 15.3. The van der Waals surface area contributed by atoms with E-state index in [9.17, 15) is 4.79 Å². The summed E-state index contributed by atoms with van der Waals surface area (Å²) in [6, 6.07) is 3.55. The summed E-state index contributed by atoms with van der Waals surface area (Å²) in [5.74, 6) is 0.234. The molecule has 1 aromatic heterocycles. The predicted molar refractivity (Wildman–Crippen MR) is 52.2 cm³/mol. The quantitative estimate of drug-likeness (QED) is 0.715. The van der Waals surface area contributed by atoms with Gasteiger partial charge in [0, 0.05) is 19.0 Å². The summed E-state index contributed by atoms with van der Waals surface area (Å²) in [5, 5.41) is 0.593. The molecule has 2 heterocycles. The van der Waals surface area contributed by atoms with Gasteiger partial charge in [-0.1, -0.05) is 11.6 Å². The molecule has 2 rings (SSSR count). The molecule has 1 atom stereocenters. The minimum absolute atomic E-state index is 0.187. The molecular formula is C10H10ClNO2. The zero-order valence-corrected chi connectivity index (χ0v) is 8.33. The monoisotopic (exact) mass is 211 g/mol. The molecule has 14 heavy (non-hydrogen) atoms. The van der Waals surface area contributed by atoms with Crippen molar-refractivity contribution >= 4 is 17.4 Å². The number of carbonyl (C=O) groups excluding carboxylic acids is 1. The number of hydrogen-bond donors (Lipinski definition) is 0. The van der Waals surface area contributed by atoms with E-state index < -0.39 is 0 Å². The zero-order valence-electron chi connectivity index (χ0n) is 7.57. The first-order valence-corrected chi connectivity index (χ1v) is 4.88. The molecule has 4 heteroatoms. The molecule has 1 aliphatic rings. The van der Waals surface area contributed by atoms with Crippen molar-refractivity contribution in [1.29, 1.82) is 0 Å². The van der Waals surface area contributed by atoms with Gasteiger partial charge in [-0.25, -0.2) is 0 Å². The standard InChI is InChI=1S/C10H10ClNO2/c11-7-1-2-9(12-6-7)10-5-8(13)3-4-14-10/h1-2,6,10H,3-5H2. The molecule has 1 fully saturated rings.